The molecule has 3 rings (SSSR count). The van der Waals surface area contributed by atoms with Gasteiger partial charge in [0, 0.05) is 11.1 Å². The lowest BCUT2D eigenvalue weighted by Gasteiger charge is -2.27. The first-order chi connectivity index (χ1) is 25.3. The minimum absolute atomic E-state index is 0.0298. The number of nitrogens with one attached hydrogen (secondary N) is 5. The smallest absolute Gasteiger partial charge is 0.326 e. The van der Waals surface area contributed by atoms with E-state index in [4.69, 9.17) is 17.2 Å². The second-order valence-electron chi connectivity index (χ2n) is 13.9. The molecule has 0 fully saturated rings. The number of fused-ring (bicyclic) bond motifs is 1. The maximum atomic E-state index is 14.1. The van der Waals surface area contributed by atoms with Gasteiger partial charge in [-0.3, -0.25) is 24.0 Å². The minimum Gasteiger partial charge on any atom is -0.480 e. The van der Waals surface area contributed by atoms with Crippen molar-refractivity contribution in [2.75, 3.05) is 13.1 Å². The average Bonchev–Trinajstić information content (AvgIpc) is 3.53. The number of nitrogens with two attached hydrogens (primary N) is 3. The van der Waals surface area contributed by atoms with Crippen molar-refractivity contribution in [3.05, 3.63) is 47.4 Å². The molecule has 0 saturated carbocycles. The molecule has 292 valence electrons. The van der Waals surface area contributed by atoms with Gasteiger partial charge >= 0.3 is 5.97 Å². The molecule has 1 aliphatic rings. The number of carbonyl (C=O) groups is 6. The fourth-order valence-electron chi connectivity index (χ4n) is 6.02. The van der Waals surface area contributed by atoms with Crippen LogP contribution in [-0.2, 0) is 35.2 Å². The Morgan fingerprint density at radius 3 is 2.08 bits per heavy atom. The minimum atomic E-state index is -1.21. The number of aliphatic carboxylic acids is 1. The summed E-state index contributed by atoms with van der Waals surface area (Å²) in [6.07, 6.45) is 6.29. The molecule has 1 aromatic carbocycles. The Hall–Kier alpha value is -4.38. The third-order valence-electron chi connectivity index (χ3n) is 9.00. The van der Waals surface area contributed by atoms with E-state index in [0.29, 0.717) is 38.8 Å². The van der Waals surface area contributed by atoms with Crippen molar-refractivity contribution in [3.63, 3.8) is 0 Å². The van der Waals surface area contributed by atoms with Gasteiger partial charge < -0.3 is 48.9 Å². The highest BCUT2D eigenvalue weighted by atomic mass is 32.1. The monoisotopic (exact) mass is 756 g/mol. The van der Waals surface area contributed by atoms with Crippen molar-refractivity contribution in [3.8, 4) is 0 Å². The van der Waals surface area contributed by atoms with Crippen LogP contribution in [0, 0.1) is 5.92 Å². The molecular formula is C37H56N8O7S. The summed E-state index contributed by atoms with van der Waals surface area (Å²) in [4.78, 5) is 80.3. The summed E-state index contributed by atoms with van der Waals surface area (Å²) in [6.45, 7) is 4.46. The fraction of sp³-hybridized carbons (Fsp3) is 0.568. The number of unbranched alkanes of at least 4 members (excludes halogenated alkanes) is 2. The summed E-state index contributed by atoms with van der Waals surface area (Å²) in [6, 6.07) is 1.01. The van der Waals surface area contributed by atoms with Crippen LogP contribution < -0.4 is 43.8 Å². The molecule has 0 saturated heterocycles. The van der Waals surface area contributed by atoms with Gasteiger partial charge in [0.15, 0.2) is 0 Å². The van der Waals surface area contributed by atoms with E-state index in [-0.39, 0.29) is 44.4 Å². The van der Waals surface area contributed by atoms with Crippen LogP contribution in [0.1, 0.15) is 77.2 Å². The molecule has 0 radical (unpaired) electrons. The second kappa shape index (κ2) is 22.0. The summed E-state index contributed by atoms with van der Waals surface area (Å²) in [7, 11) is 0. The molecule has 12 N–H and O–H groups in total. The van der Waals surface area contributed by atoms with Crippen molar-refractivity contribution < 1.29 is 33.9 Å². The lowest BCUT2D eigenvalue weighted by atomic mass is 10.0. The average molecular weight is 757 g/mol. The van der Waals surface area contributed by atoms with Crippen LogP contribution in [-0.4, -0.2) is 90.0 Å². The zero-order chi connectivity index (χ0) is 38.9. The highest BCUT2D eigenvalue weighted by molar-refractivity contribution is 7.17. The number of carboxylic acids is 1. The highest BCUT2D eigenvalue weighted by Crippen LogP contribution is 2.27. The van der Waals surface area contributed by atoms with E-state index in [1.165, 1.54) is 11.3 Å². The van der Waals surface area contributed by atoms with E-state index < -0.39 is 71.8 Å². The lowest BCUT2D eigenvalue weighted by molar-refractivity contribution is -0.142. The normalized spacial score (nSPS) is 21.8. The van der Waals surface area contributed by atoms with Crippen molar-refractivity contribution in [1.29, 1.82) is 0 Å². The van der Waals surface area contributed by atoms with Crippen LogP contribution >= 0.6 is 11.3 Å². The standard InChI is InChI=1S/C37H56N8O7S/c1-22(2)19-30(37(51)52)45-36(50)29(20-23-21-53-31-16-6-3-11-24(23)31)44-35(49)27-13-5-4-12-25(40)32(46)41-26(14-7-9-17-38)33(47)43-28(34(48)42-27)15-8-10-18-39/h3-6,11,16,21-22,25-30H,7-10,12-15,17-20,38-40H2,1-2H3,(H,41,46)(H,42,48)(H,43,47)(H,44,49)(H,45,50)(H,51,52)/b5-4+/t25-,26-,27-,28-,29-,30-/m0/s1. The molecular weight excluding hydrogens is 701 g/mol. The molecule has 1 aromatic heterocycles. The van der Waals surface area contributed by atoms with Crippen LogP contribution in [0.3, 0.4) is 0 Å². The summed E-state index contributed by atoms with van der Waals surface area (Å²) in [5, 5.41) is 26.2. The number of hydrogen-bond acceptors (Lipinski definition) is 10. The molecule has 0 bridgehead atoms. The number of benzene rings is 1. The summed E-state index contributed by atoms with van der Waals surface area (Å²) in [5.74, 6) is -4.35. The number of hydrogen-bond donors (Lipinski definition) is 9. The summed E-state index contributed by atoms with van der Waals surface area (Å²) >= 11 is 1.48. The van der Waals surface area contributed by atoms with Crippen LogP contribution in [0.25, 0.3) is 10.1 Å². The molecule has 53 heavy (non-hydrogen) atoms. The Bertz CT molecular complexity index is 1580. The van der Waals surface area contributed by atoms with Crippen LogP contribution in [0.5, 0.6) is 0 Å². The first-order valence-electron chi connectivity index (χ1n) is 18.3. The molecule has 1 aliphatic heterocycles. The highest BCUT2D eigenvalue weighted by Gasteiger charge is 2.33. The number of carbonyl (C=O) groups excluding carboxylic acids is 5. The molecule has 15 nitrogen and oxygen atoms in total. The predicted molar refractivity (Wildman–Crippen MR) is 204 cm³/mol. The molecule has 16 heteroatoms. The van der Waals surface area contributed by atoms with Gasteiger partial charge in [-0.1, -0.05) is 44.2 Å². The molecule has 6 atom stereocenters. The van der Waals surface area contributed by atoms with E-state index in [2.05, 4.69) is 26.6 Å². The van der Waals surface area contributed by atoms with E-state index in [0.717, 1.165) is 15.6 Å². The first-order valence-corrected chi connectivity index (χ1v) is 19.2. The second-order valence-corrected chi connectivity index (χ2v) is 14.8. The Labute approximate surface area is 314 Å². The lowest BCUT2D eigenvalue weighted by Crippen LogP contribution is -2.59. The molecule has 2 aromatic rings. The Morgan fingerprint density at radius 2 is 1.45 bits per heavy atom. The molecule has 0 spiro atoms. The first kappa shape index (κ1) is 43.0. The number of amides is 5. The zero-order valence-corrected chi connectivity index (χ0v) is 31.4. The summed E-state index contributed by atoms with van der Waals surface area (Å²) in [5.41, 5.74) is 18.3. The van der Waals surface area contributed by atoms with Gasteiger partial charge in [-0.25, -0.2) is 4.79 Å². The third kappa shape index (κ3) is 13.8. The quantitative estimate of drug-likeness (QED) is 0.0815. The fourth-order valence-corrected chi connectivity index (χ4v) is 6.99. The van der Waals surface area contributed by atoms with Gasteiger partial charge in [0.2, 0.25) is 29.5 Å². The van der Waals surface area contributed by atoms with Gasteiger partial charge in [0.1, 0.15) is 30.2 Å². The van der Waals surface area contributed by atoms with Gasteiger partial charge in [-0.2, -0.15) is 0 Å². The Kier molecular flexibility index (Phi) is 17.8. The molecule has 5 amide bonds. The Balaban J connectivity index is 1.94. The molecule has 2 heterocycles. The third-order valence-corrected chi connectivity index (χ3v) is 10.0. The zero-order valence-electron chi connectivity index (χ0n) is 30.6. The van der Waals surface area contributed by atoms with Crippen molar-refractivity contribution in [2.45, 2.75) is 114 Å². The van der Waals surface area contributed by atoms with Gasteiger partial charge in [-0.05, 0) is 99.2 Å². The maximum absolute atomic E-state index is 14.1. The predicted octanol–water partition coefficient (Wildman–Crippen LogP) is 0.934. The van der Waals surface area contributed by atoms with Gasteiger partial charge in [0.05, 0.1) is 6.04 Å². The van der Waals surface area contributed by atoms with Crippen molar-refractivity contribution in [1.82, 2.24) is 26.6 Å². The van der Waals surface area contributed by atoms with Crippen LogP contribution in [0.2, 0.25) is 0 Å². The van der Waals surface area contributed by atoms with Gasteiger partial charge in [0.25, 0.3) is 0 Å². The number of thiophene rings is 1. The number of rotatable bonds is 17. The molecule has 0 aliphatic carbocycles. The van der Waals surface area contributed by atoms with Crippen LogP contribution in [0.15, 0.2) is 41.8 Å². The SMILES string of the molecule is CC(C)C[C@H](NC(=O)[C@H](Cc1csc2ccccc12)NC(=O)[C@@H]1C/C=C/C[C@H](N)C(=O)N[C@@H](CCCCN)C(=O)N[C@@H](CCCCN)C(=O)N1)C(=O)O. The van der Waals surface area contributed by atoms with Gasteiger partial charge in [-0.15, -0.1) is 11.3 Å². The van der Waals surface area contributed by atoms with E-state index in [1.807, 2.05) is 43.5 Å². The molecule has 0 unspecified atom stereocenters. The number of carboxylic acid groups (broad SMARTS) is 1. The Morgan fingerprint density at radius 1 is 0.849 bits per heavy atom. The topological polar surface area (TPSA) is 261 Å². The maximum Gasteiger partial charge on any atom is 0.326 e. The largest absolute Gasteiger partial charge is 0.480 e. The van der Waals surface area contributed by atoms with Crippen molar-refractivity contribution >= 4 is 56.9 Å². The van der Waals surface area contributed by atoms with E-state index in [9.17, 15) is 33.9 Å². The van der Waals surface area contributed by atoms with Crippen molar-refractivity contribution in [2.24, 2.45) is 23.1 Å². The van der Waals surface area contributed by atoms with E-state index >= 15 is 0 Å². The van der Waals surface area contributed by atoms with Crippen LogP contribution in [0.4, 0.5) is 0 Å². The van der Waals surface area contributed by atoms with E-state index in [1.54, 1.807) is 12.2 Å². The summed E-state index contributed by atoms with van der Waals surface area (Å²) < 4.78 is 0.982.